The molecule has 0 saturated heterocycles. The smallest absolute Gasteiger partial charge is 0.170 e. The van der Waals surface area contributed by atoms with Gasteiger partial charge in [0.15, 0.2) is 6.29 Å². The minimum Gasteiger partial charge on any atom is -0.330 e. The van der Waals surface area contributed by atoms with Gasteiger partial charge in [-0.1, -0.05) is 55.8 Å². The van der Waals surface area contributed by atoms with E-state index in [0.717, 1.165) is 37.9 Å². The minimum atomic E-state index is 0.520. The lowest BCUT2D eigenvalue weighted by atomic mass is 10.0. The van der Waals surface area contributed by atoms with Crippen molar-refractivity contribution in [1.29, 1.82) is 0 Å². The zero-order chi connectivity index (χ0) is 15.4. The number of imidazole rings is 1. The van der Waals surface area contributed by atoms with Crippen molar-refractivity contribution in [3.05, 3.63) is 65.7 Å². The van der Waals surface area contributed by atoms with Gasteiger partial charge in [0.25, 0.3) is 0 Å². The van der Waals surface area contributed by atoms with Crippen LogP contribution in [-0.4, -0.2) is 15.8 Å². The highest BCUT2D eigenvalue weighted by Gasteiger charge is 2.09. The molecule has 0 bridgehead atoms. The number of unbranched alkanes of at least 4 members (excludes halogenated alkanes) is 1. The third-order valence-corrected chi connectivity index (χ3v) is 3.97. The fourth-order valence-corrected chi connectivity index (χ4v) is 2.82. The number of carbonyl (C=O) groups is 1. The number of benzene rings is 2. The van der Waals surface area contributed by atoms with Crippen molar-refractivity contribution in [2.24, 2.45) is 0 Å². The lowest BCUT2D eigenvalue weighted by molar-refractivity contribution is 0.111. The molecule has 22 heavy (non-hydrogen) atoms. The van der Waals surface area contributed by atoms with Crippen LogP contribution in [0.3, 0.4) is 0 Å². The van der Waals surface area contributed by atoms with Gasteiger partial charge in [-0.2, -0.15) is 0 Å². The van der Waals surface area contributed by atoms with Crippen LogP contribution in [0, 0.1) is 0 Å². The molecular formula is C19H20N2O. The number of rotatable bonds is 6. The van der Waals surface area contributed by atoms with Gasteiger partial charge in [0.1, 0.15) is 11.5 Å². The van der Waals surface area contributed by atoms with Gasteiger partial charge in [-0.15, -0.1) is 0 Å². The van der Waals surface area contributed by atoms with Gasteiger partial charge in [-0.05, 0) is 22.8 Å². The van der Waals surface area contributed by atoms with Crippen molar-refractivity contribution in [2.45, 2.75) is 32.7 Å². The Morgan fingerprint density at radius 3 is 2.77 bits per heavy atom. The molecule has 112 valence electrons. The molecule has 3 rings (SSSR count). The van der Waals surface area contributed by atoms with E-state index in [-0.39, 0.29) is 0 Å². The van der Waals surface area contributed by atoms with E-state index in [1.807, 2.05) is 6.20 Å². The lowest BCUT2D eigenvalue weighted by Crippen LogP contribution is -2.04. The van der Waals surface area contributed by atoms with E-state index in [2.05, 4.69) is 58.9 Å². The van der Waals surface area contributed by atoms with E-state index in [0.29, 0.717) is 5.69 Å². The molecule has 2 aromatic carbocycles. The minimum absolute atomic E-state index is 0.520. The second-order valence-electron chi connectivity index (χ2n) is 5.57. The molecule has 0 unspecified atom stereocenters. The standard InChI is InChI=1S/C19H20N2O/c1-2-3-11-19-20-17(14-22)13-21(19)12-16-9-6-8-15-7-4-5-10-18(15)16/h4-10,13-14H,2-3,11-12H2,1H3. The normalized spacial score (nSPS) is 11.0. The predicted molar refractivity (Wildman–Crippen MR) is 89.3 cm³/mol. The van der Waals surface area contributed by atoms with Crippen molar-refractivity contribution >= 4 is 17.1 Å². The van der Waals surface area contributed by atoms with E-state index in [9.17, 15) is 4.79 Å². The van der Waals surface area contributed by atoms with Crippen molar-refractivity contribution < 1.29 is 4.79 Å². The van der Waals surface area contributed by atoms with Crippen LogP contribution in [0.1, 0.15) is 41.6 Å². The number of carbonyl (C=O) groups excluding carboxylic acids is 1. The first-order valence-corrected chi connectivity index (χ1v) is 7.79. The molecule has 0 atom stereocenters. The Balaban J connectivity index is 1.97. The first-order chi connectivity index (χ1) is 10.8. The molecule has 0 fully saturated rings. The third-order valence-electron chi connectivity index (χ3n) is 3.97. The summed E-state index contributed by atoms with van der Waals surface area (Å²) in [5.74, 6) is 0.997. The van der Waals surface area contributed by atoms with E-state index in [1.54, 1.807) is 0 Å². The van der Waals surface area contributed by atoms with Crippen LogP contribution in [0.25, 0.3) is 10.8 Å². The number of nitrogens with zero attached hydrogens (tertiary/aromatic N) is 2. The molecule has 3 aromatic rings. The van der Waals surface area contributed by atoms with Crippen molar-refractivity contribution in [3.63, 3.8) is 0 Å². The molecule has 0 amide bonds. The topological polar surface area (TPSA) is 34.9 Å². The number of hydrogen-bond acceptors (Lipinski definition) is 2. The zero-order valence-corrected chi connectivity index (χ0v) is 12.8. The van der Waals surface area contributed by atoms with E-state index < -0.39 is 0 Å². The summed E-state index contributed by atoms with van der Waals surface area (Å²) < 4.78 is 2.11. The monoisotopic (exact) mass is 292 g/mol. The van der Waals surface area contributed by atoms with E-state index in [4.69, 9.17) is 0 Å². The quantitative estimate of drug-likeness (QED) is 0.637. The number of aryl methyl sites for hydroxylation is 1. The summed E-state index contributed by atoms with van der Waals surface area (Å²) in [5.41, 5.74) is 1.78. The summed E-state index contributed by atoms with van der Waals surface area (Å²) in [6, 6.07) is 14.7. The van der Waals surface area contributed by atoms with Crippen molar-refractivity contribution in [3.8, 4) is 0 Å². The van der Waals surface area contributed by atoms with Crippen LogP contribution in [0.4, 0.5) is 0 Å². The molecular weight excluding hydrogens is 272 g/mol. The van der Waals surface area contributed by atoms with Crippen LogP contribution in [0.15, 0.2) is 48.7 Å². The van der Waals surface area contributed by atoms with Gasteiger partial charge in [-0.3, -0.25) is 4.79 Å². The Kier molecular flexibility index (Phi) is 4.33. The van der Waals surface area contributed by atoms with Crippen molar-refractivity contribution in [1.82, 2.24) is 9.55 Å². The summed E-state index contributed by atoms with van der Waals surface area (Å²) in [6.07, 6.45) is 5.81. The average molecular weight is 292 g/mol. The molecule has 3 nitrogen and oxygen atoms in total. The summed E-state index contributed by atoms with van der Waals surface area (Å²) in [7, 11) is 0. The highest BCUT2D eigenvalue weighted by atomic mass is 16.1. The molecule has 0 spiro atoms. The van der Waals surface area contributed by atoms with Gasteiger partial charge >= 0.3 is 0 Å². The van der Waals surface area contributed by atoms with Gasteiger partial charge in [0, 0.05) is 19.2 Å². The third kappa shape index (κ3) is 2.93. The molecule has 1 aromatic heterocycles. The molecule has 0 radical (unpaired) electrons. The second kappa shape index (κ2) is 6.56. The first-order valence-electron chi connectivity index (χ1n) is 7.79. The fourth-order valence-electron chi connectivity index (χ4n) is 2.82. The summed E-state index contributed by atoms with van der Waals surface area (Å²) in [4.78, 5) is 15.5. The molecule has 0 aliphatic carbocycles. The van der Waals surface area contributed by atoms with E-state index >= 15 is 0 Å². The molecule has 0 N–H and O–H groups in total. The van der Waals surface area contributed by atoms with Crippen LogP contribution in [0.5, 0.6) is 0 Å². The molecule has 0 aliphatic rings. The molecule has 0 aliphatic heterocycles. The van der Waals surface area contributed by atoms with Gasteiger partial charge < -0.3 is 4.57 Å². The van der Waals surface area contributed by atoms with Crippen LogP contribution >= 0.6 is 0 Å². The summed E-state index contributed by atoms with van der Waals surface area (Å²) in [6.45, 7) is 2.92. The first kappa shape index (κ1) is 14.5. The Labute approximate surface area is 130 Å². The zero-order valence-electron chi connectivity index (χ0n) is 12.8. The second-order valence-corrected chi connectivity index (χ2v) is 5.57. The molecule has 1 heterocycles. The van der Waals surface area contributed by atoms with Crippen LogP contribution in [0.2, 0.25) is 0 Å². The molecule has 0 saturated carbocycles. The maximum Gasteiger partial charge on any atom is 0.170 e. The lowest BCUT2D eigenvalue weighted by Gasteiger charge is -2.10. The van der Waals surface area contributed by atoms with E-state index in [1.165, 1.54) is 16.3 Å². The van der Waals surface area contributed by atoms with Crippen LogP contribution in [-0.2, 0) is 13.0 Å². The number of aromatic nitrogens is 2. The maximum atomic E-state index is 11.0. The van der Waals surface area contributed by atoms with Gasteiger partial charge in [0.05, 0.1) is 0 Å². The average Bonchev–Trinajstić information content (AvgIpc) is 2.95. The van der Waals surface area contributed by atoms with Gasteiger partial charge in [0.2, 0.25) is 0 Å². The number of aldehydes is 1. The number of fused-ring (bicyclic) bond motifs is 1. The predicted octanol–water partition coefficient (Wildman–Crippen LogP) is 4.24. The van der Waals surface area contributed by atoms with Gasteiger partial charge in [-0.25, -0.2) is 4.98 Å². The summed E-state index contributed by atoms with van der Waals surface area (Å²) >= 11 is 0. The SMILES string of the molecule is CCCCc1nc(C=O)cn1Cc1cccc2ccccc12. The molecule has 3 heteroatoms. The maximum absolute atomic E-state index is 11.0. The highest BCUT2D eigenvalue weighted by molar-refractivity contribution is 5.85. The Hall–Kier alpha value is -2.42. The van der Waals surface area contributed by atoms with Crippen molar-refractivity contribution in [2.75, 3.05) is 0 Å². The summed E-state index contributed by atoms with van der Waals surface area (Å²) in [5, 5.41) is 2.50. The Morgan fingerprint density at radius 2 is 1.95 bits per heavy atom. The highest BCUT2D eigenvalue weighted by Crippen LogP contribution is 2.20. The Morgan fingerprint density at radius 1 is 1.14 bits per heavy atom. The largest absolute Gasteiger partial charge is 0.330 e. The van der Waals surface area contributed by atoms with Crippen LogP contribution < -0.4 is 0 Å². The fraction of sp³-hybridized carbons (Fsp3) is 0.263. The Bertz CT molecular complexity index is 784. The number of hydrogen-bond donors (Lipinski definition) is 0.